The number of esters is 1. The van der Waals surface area contributed by atoms with Crippen LogP contribution in [0.2, 0.25) is 0 Å². The predicted molar refractivity (Wildman–Crippen MR) is 76.4 cm³/mol. The molecule has 0 aliphatic heterocycles. The summed E-state index contributed by atoms with van der Waals surface area (Å²) in [5.74, 6) is 0.0196. The summed E-state index contributed by atoms with van der Waals surface area (Å²) in [5, 5.41) is 0. The maximum absolute atomic E-state index is 11.5. The van der Waals surface area contributed by atoms with Crippen LogP contribution in [0.1, 0.15) is 26.3 Å². The van der Waals surface area contributed by atoms with Crippen LogP contribution in [0.25, 0.3) is 0 Å². The lowest BCUT2D eigenvalue weighted by Gasteiger charge is -2.19. The molecule has 0 aromatic heterocycles. The largest absolute Gasteiger partial charge is 0.459 e. The number of benzene rings is 1. The van der Waals surface area contributed by atoms with Gasteiger partial charge in [-0.2, -0.15) is 0 Å². The fraction of sp³-hybridized carbons (Fsp3) is 0.385. The third-order valence-corrected chi connectivity index (χ3v) is 3.22. The predicted octanol–water partition coefficient (Wildman–Crippen LogP) is 3.44. The van der Waals surface area contributed by atoms with Gasteiger partial charge in [-0.15, -0.1) is 11.8 Å². The molecular formula is C13H16O2S2. The standard InChI is InChI=1S/C13H16O2S2/c1-13(2,3)15-11(14)9-17-12(16)10-7-5-4-6-8-10/h4-8H,9H2,1-3H3. The van der Waals surface area contributed by atoms with Crippen molar-refractivity contribution in [3.05, 3.63) is 35.9 Å². The molecule has 0 atom stereocenters. The number of rotatable bonds is 3. The van der Waals surface area contributed by atoms with Gasteiger partial charge in [-0.3, -0.25) is 4.79 Å². The van der Waals surface area contributed by atoms with Crippen LogP contribution < -0.4 is 0 Å². The molecule has 0 aliphatic rings. The molecule has 4 heteroatoms. The molecule has 1 aromatic carbocycles. The van der Waals surface area contributed by atoms with Gasteiger partial charge in [-0.1, -0.05) is 42.5 Å². The average molecular weight is 268 g/mol. The minimum Gasteiger partial charge on any atom is -0.459 e. The van der Waals surface area contributed by atoms with Gasteiger partial charge in [0, 0.05) is 0 Å². The van der Waals surface area contributed by atoms with Gasteiger partial charge in [0.2, 0.25) is 0 Å². The number of thiocarbonyl (C=S) groups is 1. The second kappa shape index (κ2) is 6.17. The van der Waals surface area contributed by atoms with E-state index < -0.39 is 5.60 Å². The minimum absolute atomic E-state index is 0.235. The van der Waals surface area contributed by atoms with Crippen molar-refractivity contribution in [2.24, 2.45) is 0 Å². The van der Waals surface area contributed by atoms with Crippen LogP contribution in [0, 0.1) is 0 Å². The molecule has 92 valence electrons. The van der Waals surface area contributed by atoms with Crippen molar-refractivity contribution < 1.29 is 9.53 Å². The molecule has 0 heterocycles. The SMILES string of the molecule is CC(C)(C)OC(=O)CSC(=S)c1ccccc1. The van der Waals surface area contributed by atoms with Gasteiger partial charge in [0.25, 0.3) is 0 Å². The summed E-state index contributed by atoms with van der Waals surface area (Å²) in [7, 11) is 0. The lowest BCUT2D eigenvalue weighted by atomic mass is 10.2. The molecule has 17 heavy (non-hydrogen) atoms. The van der Waals surface area contributed by atoms with E-state index >= 15 is 0 Å². The van der Waals surface area contributed by atoms with E-state index in [-0.39, 0.29) is 11.7 Å². The zero-order valence-corrected chi connectivity index (χ0v) is 11.9. The van der Waals surface area contributed by atoms with Gasteiger partial charge in [0.15, 0.2) is 0 Å². The smallest absolute Gasteiger partial charge is 0.316 e. The summed E-state index contributed by atoms with van der Waals surface area (Å²) >= 11 is 6.57. The lowest BCUT2D eigenvalue weighted by Crippen LogP contribution is -2.25. The highest BCUT2D eigenvalue weighted by Crippen LogP contribution is 2.15. The van der Waals surface area contributed by atoms with Gasteiger partial charge in [0.05, 0.1) is 9.95 Å². The number of carbonyl (C=O) groups excluding carboxylic acids is 1. The Bertz CT molecular complexity index is 394. The Balaban J connectivity index is 2.42. The van der Waals surface area contributed by atoms with Crippen molar-refractivity contribution in [1.29, 1.82) is 0 Å². The van der Waals surface area contributed by atoms with Crippen molar-refractivity contribution in [1.82, 2.24) is 0 Å². The number of hydrogen-bond donors (Lipinski definition) is 0. The zero-order chi connectivity index (χ0) is 12.9. The van der Waals surface area contributed by atoms with E-state index in [1.807, 2.05) is 51.1 Å². The van der Waals surface area contributed by atoms with Crippen molar-refractivity contribution in [3.63, 3.8) is 0 Å². The summed E-state index contributed by atoms with van der Waals surface area (Å²) in [5.41, 5.74) is 0.530. The second-order valence-corrected chi connectivity index (χ2v) is 6.18. The highest BCUT2D eigenvalue weighted by Gasteiger charge is 2.16. The summed E-state index contributed by atoms with van der Waals surface area (Å²) in [6.07, 6.45) is 0. The van der Waals surface area contributed by atoms with E-state index in [1.54, 1.807) is 0 Å². The fourth-order valence-corrected chi connectivity index (χ4v) is 2.08. The quantitative estimate of drug-likeness (QED) is 0.619. The van der Waals surface area contributed by atoms with Crippen molar-refractivity contribution >= 4 is 34.1 Å². The Morgan fingerprint density at radius 2 is 1.88 bits per heavy atom. The monoisotopic (exact) mass is 268 g/mol. The third-order valence-electron chi connectivity index (χ3n) is 1.75. The zero-order valence-electron chi connectivity index (χ0n) is 10.2. The van der Waals surface area contributed by atoms with Gasteiger partial charge < -0.3 is 4.74 Å². The Kier molecular flexibility index (Phi) is 5.15. The minimum atomic E-state index is -0.438. The van der Waals surface area contributed by atoms with E-state index in [9.17, 15) is 4.79 Å². The van der Waals surface area contributed by atoms with Gasteiger partial charge in [0.1, 0.15) is 5.60 Å². The fourth-order valence-electron chi connectivity index (χ4n) is 1.15. The van der Waals surface area contributed by atoms with Crippen molar-refractivity contribution in [3.8, 4) is 0 Å². The van der Waals surface area contributed by atoms with E-state index in [1.165, 1.54) is 11.8 Å². The molecule has 0 saturated heterocycles. The molecule has 0 N–H and O–H groups in total. The van der Waals surface area contributed by atoms with E-state index in [0.29, 0.717) is 0 Å². The molecule has 0 saturated carbocycles. The second-order valence-electron chi connectivity index (χ2n) is 4.53. The van der Waals surface area contributed by atoms with Gasteiger partial charge in [-0.25, -0.2) is 0 Å². The number of thioether (sulfide) groups is 1. The van der Waals surface area contributed by atoms with Gasteiger partial charge >= 0.3 is 5.97 Å². The van der Waals surface area contributed by atoms with Crippen LogP contribution in [0.15, 0.2) is 30.3 Å². The Labute approximate surface area is 112 Å². The highest BCUT2D eigenvalue weighted by atomic mass is 32.2. The Hall–Kier alpha value is -0.870. The van der Waals surface area contributed by atoms with E-state index in [4.69, 9.17) is 17.0 Å². The van der Waals surface area contributed by atoms with Crippen molar-refractivity contribution in [2.45, 2.75) is 26.4 Å². The molecule has 0 fully saturated rings. The van der Waals surface area contributed by atoms with Gasteiger partial charge in [-0.05, 0) is 26.3 Å². The molecule has 2 nitrogen and oxygen atoms in total. The van der Waals surface area contributed by atoms with Crippen LogP contribution in [-0.2, 0) is 9.53 Å². The Morgan fingerprint density at radius 3 is 2.41 bits per heavy atom. The molecule has 1 aromatic rings. The maximum Gasteiger partial charge on any atom is 0.316 e. The molecule has 0 aliphatic carbocycles. The summed E-state index contributed by atoms with van der Waals surface area (Å²) in [6, 6.07) is 9.66. The molecule has 0 bridgehead atoms. The van der Waals surface area contributed by atoms with E-state index in [0.717, 1.165) is 9.76 Å². The van der Waals surface area contributed by atoms with Crippen LogP contribution in [0.5, 0.6) is 0 Å². The number of hydrogen-bond acceptors (Lipinski definition) is 4. The topological polar surface area (TPSA) is 26.3 Å². The van der Waals surface area contributed by atoms with Crippen LogP contribution in [-0.4, -0.2) is 21.5 Å². The highest BCUT2D eigenvalue weighted by molar-refractivity contribution is 8.24. The number of ether oxygens (including phenoxy) is 1. The molecular weight excluding hydrogens is 252 g/mol. The summed E-state index contributed by atoms with van der Waals surface area (Å²) in [6.45, 7) is 5.56. The van der Waals surface area contributed by atoms with E-state index in [2.05, 4.69) is 0 Å². The lowest BCUT2D eigenvalue weighted by molar-refractivity contribution is -0.151. The third kappa shape index (κ3) is 5.84. The molecule has 0 radical (unpaired) electrons. The first kappa shape index (κ1) is 14.2. The molecule has 0 unspecified atom stereocenters. The first-order chi connectivity index (χ1) is 7.88. The first-order valence-electron chi connectivity index (χ1n) is 5.32. The van der Waals surface area contributed by atoms with Crippen LogP contribution >= 0.6 is 24.0 Å². The first-order valence-corrected chi connectivity index (χ1v) is 6.72. The summed E-state index contributed by atoms with van der Waals surface area (Å²) < 4.78 is 5.92. The molecule has 0 amide bonds. The molecule has 0 spiro atoms. The van der Waals surface area contributed by atoms with Crippen molar-refractivity contribution in [2.75, 3.05) is 5.75 Å². The van der Waals surface area contributed by atoms with Crippen LogP contribution in [0.4, 0.5) is 0 Å². The molecule has 1 rings (SSSR count). The van der Waals surface area contributed by atoms with Crippen LogP contribution in [0.3, 0.4) is 0 Å². The normalized spacial score (nSPS) is 11.0. The average Bonchev–Trinajstić information content (AvgIpc) is 2.25. The maximum atomic E-state index is 11.5. The number of carbonyl (C=O) groups is 1. The summed E-state index contributed by atoms with van der Waals surface area (Å²) in [4.78, 5) is 11.5. The Morgan fingerprint density at radius 1 is 1.29 bits per heavy atom.